The van der Waals surface area contributed by atoms with Crippen LogP contribution in [-0.2, 0) is 11.2 Å². The van der Waals surface area contributed by atoms with Crippen molar-refractivity contribution in [3.8, 4) is 5.88 Å². The number of halogens is 3. The van der Waals surface area contributed by atoms with Crippen molar-refractivity contribution >= 4 is 5.91 Å². The second-order valence-corrected chi connectivity index (χ2v) is 6.90. The van der Waals surface area contributed by atoms with E-state index in [1.54, 1.807) is 40.0 Å². The van der Waals surface area contributed by atoms with E-state index in [2.05, 4.69) is 20.3 Å². The second kappa shape index (κ2) is 10.3. The number of hydrogen-bond acceptors (Lipinski definition) is 6. The highest BCUT2D eigenvalue weighted by Gasteiger charge is 2.29. The SMILES string of the molecule is COCCCc1nc(C)cc(C(=O)NC(C)c2cnc(OCC(F)(F)F)c(C)c2)n1. The number of carbonyl (C=O) groups excluding carboxylic acids is 1. The lowest BCUT2D eigenvalue weighted by Crippen LogP contribution is -2.28. The zero-order chi connectivity index (χ0) is 22.3. The summed E-state index contributed by atoms with van der Waals surface area (Å²) in [5, 5.41) is 2.82. The van der Waals surface area contributed by atoms with Gasteiger partial charge in [-0.2, -0.15) is 13.2 Å². The lowest BCUT2D eigenvalue weighted by atomic mass is 10.1. The van der Waals surface area contributed by atoms with Crippen LogP contribution in [0.3, 0.4) is 0 Å². The molecule has 0 fully saturated rings. The molecule has 2 heterocycles. The molecular formula is C20H25F3N4O3. The van der Waals surface area contributed by atoms with E-state index in [9.17, 15) is 18.0 Å². The number of ether oxygens (including phenoxy) is 2. The average Bonchev–Trinajstić information content (AvgIpc) is 2.66. The molecule has 1 unspecified atom stereocenters. The van der Waals surface area contributed by atoms with Crippen molar-refractivity contribution in [2.45, 2.75) is 45.8 Å². The Labute approximate surface area is 173 Å². The summed E-state index contributed by atoms with van der Waals surface area (Å²) in [7, 11) is 1.61. The minimum atomic E-state index is -4.44. The lowest BCUT2D eigenvalue weighted by molar-refractivity contribution is -0.154. The van der Waals surface area contributed by atoms with E-state index in [4.69, 9.17) is 9.47 Å². The number of methoxy groups -OCH3 is 1. The first kappa shape index (κ1) is 23.5. The van der Waals surface area contributed by atoms with Crippen LogP contribution in [0.25, 0.3) is 0 Å². The fourth-order valence-corrected chi connectivity index (χ4v) is 2.71. The van der Waals surface area contributed by atoms with Crippen LogP contribution in [0, 0.1) is 13.8 Å². The summed E-state index contributed by atoms with van der Waals surface area (Å²) in [6, 6.07) is 2.79. The molecule has 0 aliphatic heterocycles. The van der Waals surface area contributed by atoms with E-state index in [0.29, 0.717) is 35.7 Å². The molecule has 0 aromatic carbocycles. The average molecular weight is 426 g/mol. The molecule has 0 saturated carbocycles. The quantitative estimate of drug-likeness (QED) is 0.618. The number of aryl methyl sites for hydroxylation is 3. The van der Waals surface area contributed by atoms with Crippen LogP contribution in [0.15, 0.2) is 18.3 Å². The number of rotatable bonds is 9. The van der Waals surface area contributed by atoms with Gasteiger partial charge in [-0.15, -0.1) is 0 Å². The third-order valence-corrected chi connectivity index (χ3v) is 4.15. The fourth-order valence-electron chi connectivity index (χ4n) is 2.71. The smallest absolute Gasteiger partial charge is 0.422 e. The van der Waals surface area contributed by atoms with Gasteiger partial charge in [0.25, 0.3) is 5.91 Å². The zero-order valence-electron chi connectivity index (χ0n) is 17.3. The van der Waals surface area contributed by atoms with Crippen LogP contribution in [0.2, 0.25) is 0 Å². The molecule has 0 saturated heterocycles. The minimum absolute atomic E-state index is 0.0956. The highest BCUT2D eigenvalue weighted by Crippen LogP contribution is 2.22. The van der Waals surface area contributed by atoms with Gasteiger partial charge < -0.3 is 14.8 Å². The van der Waals surface area contributed by atoms with Gasteiger partial charge in [0.2, 0.25) is 5.88 Å². The number of carbonyl (C=O) groups is 1. The maximum absolute atomic E-state index is 12.6. The molecule has 2 rings (SSSR count). The molecule has 7 nitrogen and oxygen atoms in total. The van der Waals surface area contributed by atoms with E-state index < -0.39 is 18.8 Å². The van der Waals surface area contributed by atoms with Crippen LogP contribution in [-0.4, -0.2) is 47.4 Å². The molecule has 1 N–H and O–H groups in total. The number of aromatic nitrogens is 3. The number of alkyl halides is 3. The summed E-state index contributed by atoms with van der Waals surface area (Å²) < 4.78 is 46.7. The van der Waals surface area contributed by atoms with Crippen LogP contribution < -0.4 is 10.1 Å². The maximum atomic E-state index is 12.6. The van der Waals surface area contributed by atoms with E-state index in [1.807, 2.05) is 0 Å². The molecular weight excluding hydrogens is 401 g/mol. The molecule has 1 amide bonds. The van der Waals surface area contributed by atoms with Gasteiger partial charge in [0.05, 0.1) is 6.04 Å². The zero-order valence-corrected chi connectivity index (χ0v) is 17.3. The molecule has 0 aliphatic rings. The molecule has 0 aliphatic carbocycles. The minimum Gasteiger partial charge on any atom is -0.468 e. The lowest BCUT2D eigenvalue weighted by Gasteiger charge is -2.16. The Morgan fingerprint density at radius 3 is 2.60 bits per heavy atom. The predicted octanol–water partition coefficient (Wildman–Crippen LogP) is 3.50. The highest BCUT2D eigenvalue weighted by atomic mass is 19.4. The summed E-state index contributed by atoms with van der Waals surface area (Å²) in [5.41, 5.74) is 2.00. The largest absolute Gasteiger partial charge is 0.468 e. The normalized spacial score (nSPS) is 12.5. The van der Waals surface area contributed by atoms with Crippen molar-refractivity contribution in [2.24, 2.45) is 0 Å². The van der Waals surface area contributed by atoms with Gasteiger partial charge in [0.15, 0.2) is 6.61 Å². The fraction of sp³-hybridized carbons (Fsp3) is 0.500. The van der Waals surface area contributed by atoms with Gasteiger partial charge in [-0.25, -0.2) is 15.0 Å². The Bertz CT molecular complexity index is 875. The second-order valence-electron chi connectivity index (χ2n) is 6.90. The summed E-state index contributed by atoms with van der Waals surface area (Å²) in [6.07, 6.45) is -1.73. The van der Waals surface area contributed by atoms with Crippen molar-refractivity contribution in [1.29, 1.82) is 0 Å². The number of nitrogens with zero attached hydrogens (tertiary/aromatic N) is 3. The monoisotopic (exact) mass is 426 g/mol. The van der Waals surface area contributed by atoms with Crippen LogP contribution in [0.4, 0.5) is 13.2 Å². The van der Waals surface area contributed by atoms with Crippen molar-refractivity contribution in [1.82, 2.24) is 20.3 Å². The molecule has 0 spiro atoms. The van der Waals surface area contributed by atoms with Crippen LogP contribution >= 0.6 is 0 Å². The summed E-state index contributed by atoms with van der Waals surface area (Å²) in [4.78, 5) is 25.2. The molecule has 2 aromatic heterocycles. The van der Waals surface area contributed by atoms with E-state index in [1.165, 1.54) is 6.20 Å². The summed E-state index contributed by atoms with van der Waals surface area (Å²) in [5.74, 6) is 0.0892. The molecule has 0 radical (unpaired) electrons. The van der Waals surface area contributed by atoms with Crippen molar-refractivity contribution in [2.75, 3.05) is 20.3 Å². The third-order valence-electron chi connectivity index (χ3n) is 4.15. The topological polar surface area (TPSA) is 86.2 Å². The van der Waals surface area contributed by atoms with Gasteiger partial charge >= 0.3 is 6.18 Å². The Kier molecular flexibility index (Phi) is 8.10. The van der Waals surface area contributed by atoms with E-state index >= 15 is 0 Å². The van der Waals surface area contributed by atoms with E-state index in [0.717, 1.165) is 6.42 Å². The van der Waals surface area contributed by atoms with Gasteiger partial charge in [0, 0.05) is 37.6 Å². The predicted molar refractivity (Wildman–Crippen MR) is 103 cm³/mol. The number of pyridine rings is 1. The number of amides is 1. The molecule has 164 valence electrons. The van der Waals surface area contributed by atoms with Gasteiger partial charge in [-0.3, -0.25) is 4.79 Å². The molecule has 30 heavy (non-hydrogen) atoms. The first-order valence-electron chi connectivity index (χ1n) is 9.39. The first-order chi connectivity index (χ1) is 14.1. The van der Waals surface area contributed by atoms with Gasteiger partial charge in [0.1, 0.15) is 11.5 Å². The van der Waals surface area contributed by atoms with Crippen molar-refractivity contribution in [3.05, 3.63) is 46.7 Å². The Morgan fingerprint density at radius 2 is 1.97 bits per heavy atom. The Morgan fingerprint density at radius 1 is 1.23 bits per heavy atom. The van der Waals surface area contributed by atoms with Gasteiger partial charge in [-0.05, 0) is 44.9 Å². The highest BCUT2D eigenvalue weighted by molar-refractivity contribution is 5.92. The Hall–Kier alpha value is -2.75. The molecule has 1 atom stereocenters. The Balaban J connectivity index is 2.05. The first-order valence-corrected chi connectivity index (χ1v) is 9.39. The third kappa shape index (κ3) is 7.25. The van der Waals surface area contributed by atoms with Gasteiger partial charge in [-0.1, -0.05) is 0 Å². The van der Waals surface area contributed by atoms with Crippen molar-refractivity contribution < 1.29 is 27.4 Å². The summed E-state index contributed by atoms with van der Waals surface area (Å²) in [6.45, 7) is 4.29. The molecule has 2 aromatic rings. The van der Waals surface area contributed by atoms with Crippen LogP contribution in [0.1, 0.15) is 52.5 Å². The van der Waals surface area contributed by atoms with E-state index in [-0.39, 0.29) is 17.5 Å². The standard InChI is InChI=1S/C20H25F3N4O3/c1-12-8-15(10-24-19(12)30-11-20(21,22)23)14(3)26-18(28)16-9-13(2)25-17(27-16)6-5-7-29-4/h8-10,14H,5-7,11H2,1-4H3,(H,26,28). The molecule has 10 heteroatoms. The number of nitrogens with one attached hydrogen (secondary N) is 1. The number of hydrogen-bond donors (Lipinski definition) is 1. The van der Waals surface area contributed by atoms with Crippen LogP contribution in [0.5, 0.6) is 5.88 Å². The maximum Gasteiger partial charge on any atom is 0.422 e. The molecule has 0 bridgehead atoms. The summed E-state index contributed by atoms with van der Waals surface area (Å²) >= 11 is 0. The van der Waals surface area contributed by atoms with Crippen molar-refractivity contribution in [3.63, 3.8) is 0 Å².